The van der Waals surface area contributed by atoms with E-state index in [4.69, 9.17) is 5.11 Å². The minimum atomic E-state index is 0.167. The molecule has 0 unspecified atom stereocenters. The van der Waals surface area contributed by atoms with Gasteiger partial charge in [-0.05, 0) is 34.5 Å². The summed E-state index contributed by atoms with van der Waals surface area (Å²) < 4.78 is 0.975. The van der Waals surface area contributed by atoms with E-state index >= 15 is 0 Å². The second-order valence-electron chi connectivity index (χ2n) is 3.90. The summed E-state index contributed by atoms with van der Waals surface area (Å²) in [5.41, 5.74) is 0.947. The van der Waals surface area contributed by atoms with E-state index in [9.17, 15) is 0 Å². The Labute approximate surface area is 120 Å². The molecule has 1 aromatic heterocycles. The maximum Gasteiger partial charge on any atom is 0.135 e. The van der Waals surface area contributed by atoms with Gasteiger partial charge in [-0.2, -0.15) is 0 Å². The molecule has 0 saturated carbocycles. The normalized spacial score (nSPS) is 10.2. The van der Waals surface area contributed by atoms with Crippen molar-refractivity contribution in [3.63, 3.8) is 0 Å². The Bertz CT molecular complexity index is 536. The molecule has 1 aromatic carbocycles. The number of hydrogen-bond acceptors (Lipinski definition) is 5. The van der Waals surface area contributed by atoms with Crippen molar-refractivity contribution >= 4 is 33.3 Å². The van der Waals surface area contributed by atoms with Crippen LogP contribution in [0.2, 0.25) is 0 Å². The van der Waals surface area contributed by atoms with Gasteiger partial charge in [0.15, 0.2) is 0 Å². The average molecular weight is 323 g/mol. The van der Waals surface area contributed by atoms with Crippen LogP contribution in [-0.4, -0.2) is 28.2 Å². The smallest absolute Gasteiger partial charge is 0.135 e. The number of hydrogen-bond donors (Lipinski definition) is 3. The summed E-state index contributed by atoms with van der Waals surface area (Å²) in [6, 6.07) is 9.66. The predicted octanol–water partition coefficient (Wildman–Crippen LogP) is 2.78. The Morgan fingerprint density at radius 2 is 1.95 bits per heavy atom. The second-order valence-corrected chi connectivity index (χ2v) is 4.75. The van der Waals surface area contributed by atoms with Crippen molar-refractivity contribution in [1.82, 2.24) is 9.97 Å². The summed E-state index contributed by atoms with van der Waals surface area (Å²) in [5.74, 6) is 1.45. The summed E-state index contributed by atoms with van der Waals surface area (Å²) in [7, 11) is 0. The molecule has 0 aliphatic heterocycles. The first-order valence-corrected chi connectivity index (χ1v) is 6.77. The Morgan fingerprint density at radius 3 is 2.74 bits per heavy atom. The zero-order chi connectivity index (χ0) is 13.5. The lowest BCUT2D eigenvalue weighted by atomic mass is 10.3. The Balaban J connectivity index is 2.05. The minimum Gasteiger partial charge on any atom is -0.396 e. The average Bonchev–Trinajstić information content (AvgIpc) is 2.42. The molecule has 0 bridgehead atoms. The van der Waals surface area contributed by atoms with Crippen LogP contribution >= 0.6 is 15.9 Å². The van der Waals surface area contributed by atoms with Crippen LogP contribution in [0.15, 0.2) is 41.1 Å². The third-order valence-electron chi connectivity index (χ3n) is 2.44. The highest BCUT2D eigenvalue weighted by molar-refractivity contribution is 9.10. The van der Waals surface area contributed by atoms with Gasteiger partial charge in [-0.1, -0.05) is 12.1 Å². The molecule has 2 aromatic rings. The lowest BCUT2D eigenvalue weighted by Gasteiger charge is -2.09. The van der Waals surface area contributed by atoms with Crippen LogP contribution in [0.5, 0.6) is 0 Å². The fourth-order valence-electron chi connectivity index (χ4n) is 1.52. The van der Waals surface area contributed by atoms with E-state index in [0.29, 0.717) is 18.8 Å². The van der Waals surface area contributed by atoms with Gasteiger partial charge < -0.3 is 15.7 Å². The Kier molecular flexibility index (Phi) is 5.11. The van der Waals surface area contributed by atoms with Gasteiger partial charge in [-0.15, -0.1) is 0 Å². The van der Waals surface area contributed by atoms with Gasteiger partial charge in [0.1, 0.15) is 18.0 Å². The fraction of sp³-hybridized carbons (Fsp3) is 0.231. The molecule has 5 nitrogen and oxygen atoms in total. The van der Waals surface area contributed by atoms with Gasteiger partial charge in [0.05, 0.1) is 5.69 Å². The molecule has 6 heteroatoms. The third-order valence-corrected chi connectivity index (χ3v) is 3.14. The molecular weight excluding hydrogens is 308 g/mol. The van der Waals surface area contributed by atoms with Gasteiger partial charge in [0, 0.05) is 23.7 Å². The summed E-state index contributed by atoms with van der Waals surface area (Å²) >= 11 is 3.47. The van der Waals surface area contributed by atoms with E-state index in [1.807, 2.05) is 30.3 Å². The lowest BCUT2D eigenvalue weighted by Crippen LogP contribution is -2.06. The van der Waals surface area contributed by atoms with Crippen molar-refractivity contribution in [2.45, 2.75) is 6.42 Å². The van der Waals surface area contributed by atoms with Crippen molar-refractivity contribution in [2.24, 2.45) is 0 Å². The second kappa shape index (κ2) is 7.06. The molecule has 0 fully saturated rings. The van der Waals surface area contributed by atoms with Crippen molar-refractivity contribution in [3.05, 3.63) is 41.1 Å². The molecule has 0 aliphatic carbocycles. The van der Waals surface area contributed by atoms with Crippen molar-refractivity contribution in [2.75, 3.05) is 23.8 Å². The summed E-state index contributed by atoms with van der Waals surface area (Å²) in [6.07, 6.45) is 2.19. The van der Waals surface area contributed by atoms with Crippen LogP contribution in [0.3, 0.4) is 0 Å². The van der Waals surface area contributed by atoms with Crippen LogP contribution in [0.4, 0.5) is 17.3 Å². The van der Waals surface area contributed by atoms with E-state index in [1.54, 1.807) is 0 Å². The van der Waals surface area contributed by atoms with E-state index in [-0.39, 0.29) is 6.61 Å². The third kappa shape index (κ3) is 4.18. The first-order valence-electron chi connectivity index (χ1n) is 5.98. The molecule has 0 saturated heterocycles. The lowest BCUT2D eigenvalue weighted by molar-refractivity contribution is 0.292. The van der Waals surface area contributed by atoms with Crippen LogP contribution in [0.25, 0.3) is 0 Å². The highest BCUT2D eigenvalue weighted by Crippen LogP contribution is 2.24. The monoisotopic (exact) mass is 322 g/mol. The van der Waals surface area contributed by atoms with E-state index in [2.05, 4.69) is 36.5 Å². The Morgan fingerprint density at radius 1 is 1.16 bits per heavy atom. The fourth-order valence-corrected chi connectivity index (χ4v) is 1.90. The topological polar surface area (TPSA) is 70.1 Å². The van der Waals surface area contributed by atoms with E-state index < -0.39 is 0 Å². The van der Waals surface area contributed by atoms with Gasteiger partial charge in [-0.3, -0.25) is 0 Å². The van der Waals surface area contributed by atoms with E-state index in [0.717, 1.165) is 16.0 Å². The maximum absolute atomic E-state index is 8.73. The number of rotatable bonds is 6. The van der Waals surface area contributed by atoms with Gasteiger partial charge in [-0.25, -0.2) is 9.97 Å². The zero-order valence-corrected chi connectivity index (χ0v) is 11.9. The number of benzene rings is 1. The maximum atomic E-state index is 8.73. The largest absolute Gasteiger partial charge is 0.396 e. The molecule has 0 atom stereocenters. The number of halogens is 1. The molecule has 2 rings (SSSR count). The van der Waals surface area contributed by atoms with E-state index in [1.165, 1.54) is 6.33 Å². The van der Waals surface area contributed by atoms with Gasteiger partial charge in [0.25, 0.3) is 0 Å². The Hall–Kier alpha value is -1.66. The molecule has 0 amide bonds. The molecule has 1 heterocycles. The molecule has 19 heavy (non-hydrogen) atoms. The molecule has 0 aliphatic rings. The summed E-state index contributed by atoms with van der Waals surface area (Å²) in [4.78, 5) is 8.29. The standard InChI is InChI=1S/C13H15BrN4O/c14-10-4-1-2-5-11(10)18-13-8-12(16-9-17-13)15-6-3-7-19/h1-2,4-5,8-9,19H,3,6-7H2,(H2,15,16,17,18). The molecule has 3 N–H and O–H groups in total. The highest BCUT2D eigenvalue weighted by atomic mass is 79.9. The number of nitrogens with one attached hydrogen (secondary N) is 2. The SMILES string of the molecule is OCCCNc1cc(Nc2ccccc2Br)ncn1. The quantitative estimate of drug-likeness (QED) is 0.713. The number of anilines is 3. The molecule has 0 spiro atoms. The van der Waals surface area contributed by atoms with Crippen LogP contribution in [-0.2, 0) is 0 Å². The number of nitrogens with zero attached hydrogens (tertiary/aromatic N) is 2. The van der Waals surface area contributed by atoms with Crippen molar-refractivity contribution in [1.29, 1.82) is 0 Å². The van der Waals surface area contributed by atoms with Crippen LogP contribution in [0.1, 0.15) is 6.42 Å². The number of aliphatic hydroxyl groups excluding tert-OH is 1. The highest BCUT2D eigenvalue weighted by Gasteiger charge is 2.01. The molecule has 100 valence electrons. The van der Waals surface area contributed by atoms with Crippen molar-refractivity contribution < 1.29 is 5.11 Å². The summed E-state index contributed by atoms with van der Waals surface area (Å²) in [6.45, 7) is 0.849. The summed E-state index contributed by atoms with van der Waals surface area (Å²) in [5, 5.41) is 15.1. The first-order chi connectivity index (χ1) is 9.29. The predicted molar refractivity (Wildman–Crippen MR) is 79.6 cm³/mol. The van der Waals surface area contributed by atoms with Crippen molar-refractivity contribution in [3.8, 4) is 0 Å². The number of aromatic nitrogens is 2. The zero-order valence-electron chi connectivity index (χ0n) is 10.3. The van der Waals surface area contributed by atoms with Crippen LogP contribution in [0, 0.1) is 0 Å². The van der Waals surface area contributed by atoms with Gasteiger partial charge >= 0.3 is 0 Å². The molecule has 0 radical (unpaired) electrons. The van der Waals surface area contributed by atoms with Gasteiger partial charge in [0.2, 0.25) is 0 Å². The number of aliphatic hydroxyl groups is 1. The minimum absolute atomic E-state index is 0.167. The van der Waals surface area contributed by atoms with Crippen LogP contribution < -0.4 is 10.6 Å². The first kappa shape index (κ1) is 13.8. The molecular formula is C13H15BrN4O. The number of para-hydroxylation sites is 1.